The highest BCUT2D eigenvalue weighted by Crippen LogP contribution is 2.36. The Morgan fingerprint density at radius 2 is 1.24 bits per heavy atom. The number of fused-ring (bicyclic) bond motifs is 3. The maximum absolute atomic E-state index is 5.00. The Morgan fingerprint density at radius 1 is 0.514 bits per heavy atom. The Kier molecular flexibility index (Phi) is 5.00. The van der Waals surface area contributed by atoms with E-state index in [0.717, 1.165) is 55.4 Å². The van der Waals surface area contributed by atoms with Crippen LogP contribution in [0.1, 0.15) is 5.56 Å². The third kappa shape index (κ3) is 3.64. The summed E-state index contributed by atoms with van der Waals surface area (Å²) < 4.78 is 0. The van der Waals surface area contributed by atoms with Crippen LogP contribution in [0.4, 0.5) is 0 Å². The monoisotopic (exact) mass is 473 g/mol. The van der Waals surface area contributed by atoms with Gasteiger partial charge in [-0.2, -0.15) is 0 Å². The molecule has 174 valence electrons. The number of aryl methyl sites for hydroxylation is 1. The molecule has 0 aliphatic heterocycles. The van der Waals surface area contributed by atoms with Crippen LogP contribution in [0.3, 0.4) is 0 Å². The third-order valence-corrected chi connectivity index (χ3v) is 7.10. The molecule has 0 unspecified atom stereocenters. The molecule has 3 nitrogen and oxygen atoms in total. The van der Waals surface area contributed by atoms with Crippen LogP contribution >= 0.6 is 0 Å². The summed E-state index contributed by atoms with van der Waals surface area (Å²) >= 11 is 0. The minimum absolute atomic E-state index is 0.944. The molecule has 0 aliphatic rings. The smallest absolute Gasteiger partial charge is 0.116 e. The summed E-state index contributed by atoms with van der Waals surface area (Å²) in [7, 11) is 0. The van der Waals surface area contributed by atoms with Crippen molar-refractivity contribution in [3.63, 3.8) is 0 Å². The quantitative estimate of drug-likeness (QED) is 0.258. The molecule has 0 saturated carbocycles. The van der Waals surface area contributed by atoms with E-state index in [1.165, 1.54) is 16.3 Å². The van der Waals surface area contributed by atoms with Crippen LogP contribution in [0.25, 0.3) is 66.2 Å². The number of hydrogen-bond acceptors (Lipinski definition) is 3. The van der Waals surface area contributed by atoms with Gasteiger partial charge in [0.2, 0.25) is 0 Å². The maximum atomic E-state index is 5.00. The van der Waals surface area contributed by atoms with E-state index in [1.807, 2.05) is 0 Å². The SMILES string of the molecule is Cc1cccc2ccc(-c3cccc(-c4cccc5c(-c6cccc7ccccc67)ncnc45)c3)nc12. The molecule has 37 heavy (non-hydrogen) atoms. The van der Waals surface area contributed by atoms with E-state index in [1.54, 1.807) is 6.33 Å². The molecule has 0 spiro atoms. The van der Waals surface area contributed by atoms with Crippen LogP contribution in [0, 0.1) is 6.92 Å². The van der Waals surface area contributed by atoms with Gasteiger partial charge in [0, 0.05) is 27.5 Å². The fraction of sp³-hybridized carbons (Fsp3) is 0.0294. The molecule has 0 bridgehead atoms. The minimum atomic E-state index is 0.944. The number of para-hydroxylation sites is 2. The Hall–Kier alpha value is -4.89. The standard InChI is InChI=1S/C34H23N3/c1-22-8-4-11-24-18-19-31(37-32(22)24)26-13-5-12-25(20-26)28-15-7-17-30-33(28)35-21-36-34(30)29-16-6-10-23-9-2-3-14-27(23)29/h2-21H,1H3. The highest BCUT2D eigenvalue weighted by Gasteiger charge is 2.14. The van der Waals surface area contributed by atoms with Crippen molar-refractivity contribution in [2.24, 2.45) is 0 Å². The lowest BCUT2D eigenvalue weighted by Crippen LogP contribution is -1.93. The fourth-order valence-corrected chi connectivity index (χ4v) is 5.27. The molecule has 0 fully saturated rings. The Balaban J connectivity index is 1.39. The van der Waals surface area contributed by atoms with E-state index >= 15 is 0 Å². The molecule has 0 amide bonds. The molecular weight excluding hydrogens is 450 g/mol. The van der Waals surface area contributed by atoms with Crippen molar-refractivity contribution in [1.82, 2.24) is 15.0 Å². The van der Waals surface area contributed by atoms with Crippen LogP contribution in [0.15, 0.2) is 122 Å². The van der Waals surface area contributed by atoms with Gasteiger partial charge in [0.25, 0.3) is 0 Å². The molecule has 0 N–H and O–H groups in total. The van der Waals surface area contributed by atoms with E-state index in [0.29, 0.717) is 0 Å². The lowest BCUT2D eigenvalue weighted by Gasteiger charge is -2.12. The molecule has 5 aromatic carbocycles. The molecular formula is C34H23N3. The second kappa shape index (κ2) is 8.65. The van der Waals surface area contributed by atoms with Gasteiger partial charge in [-0.25, -0.2) is 15.0 Å². The Morgan fingerprint density at radius 3 is 2.22 bits per heavy atom. The van der Waals surface area contributed by atoms with Crippen molar-refractivity contribution in [2.75, 3.05) is 0 Å². The van der Waals surface area contributed by atoms with Gasteiger partial charge in [0.05, 0.1) is 22.4 Å². The topological polar surface area (TPSA) is 38.7 Å². The molecule has 7 aromatic rings. The van der Waals surface area contributed by atoms with Gasteiger partial charge in [-0.15, -0.1) is 0 Å². The summed E-state index contributed by atoms with van der Waals surface area (Å²) in [5.74, 6) is 0. The summed E-state index contributed by atoms with van der Waals surface area (Å²) in [5, 5.41) is 4.59. The summed E-state index contributed by atoms with van der Waals surface area (Å²) in [6.07, 6.45) is 1.68. The molecule has 2 aromatic heterocycles. The van der Waals surface area contributed by atoms with Crippen molar-refractivity contribution < 1.29 is 0 Å². The molecule has 7 rings (SSSR count). The zero-order chi connectivity index (χ0) is 24.8. The molecule has 0 aliphatic carbocycles. The van der Waals surface area contributed by atoms with E-state index in [-0.39, 0.29) is 0 Å². The molecule has 3 heteroatoms. The van der Waals surface area contributed by atoms with Gasteiger partial charge in [-0.1, -0.05) is 103 Å². The summed E-state index contributed by atoms with van der Waals surface area (Å²) in [6.45, 7) is 2.11. The predicted octanol–water partition coefficient (Wildman–Crippen LogP) is 8.64. The van der Waals surface area contributed by atoms with Crippen molar-refractivity contribution in [2.45, 2.75) is 6.92 Å². The average Bonchev–Trinajstić information content (AvgIpc) is 2.96. The molecule has 0 radical (unpaired) electrons. The largest absolute Gasteiger partial charge is 0.248 e. The first-order valence-corrected chi connectivity index (χ1v) is 12.5. The first-order valence-electron chi connectivity index (χ1n) is 12.5. The van der Waals surface area contributed by atoms with Crippen LogP contribution in [-0.2, 0) is 0 Å². The number of nitrogens with zero attached hydrogens (tertiary/aromatic N) is 3. The van der Waals surface area contributed by atoms with Gasteiger partial charge in [-0.05, 0) is 41.0 Å². The molecule has 2 heterocycles. The minimum Gasteiger partial charge on any atom is -0.248 e. The van der Waals surface area contributed by atoms with Gasteiger partial charge in [0.1, 0.15) is 6.33 Å². The Bertz CT molecular complexity index is 1950. The van der Waals surface area contributed by atoms with E-state index in [4.69, 9.17) is 15.0 Å². The molecule has 0 atom stereocenters. The first-order chi connectivity index (χ1) is 18.3. The maximum Gasteiger partial charge on any atom is 0.116 e. The zero-order valence-corrected chi connectivity index (χ0v) is 20.4. The van der Waals surface area contributed by atoms with Gasteiger partial charge < -0.3 is 0 Å². The van der Waals surface area contributed by atoms with Crippen LogP contribution < -0.4 is 0 Å². The predicted molar refractivity (Wildman–Crippen MR) is 153 cm³/mol. The van der Waals surface area contributed by atoms with Crippen LogP contribution in [0.2, 0.25) is 0 Å². The lowest BCUT2D eigenvalue weighted by atomic mass is 9.95. The first kappa shape index (κ1) is 21.4. The second-order valence-electron chi connectivity index (χ2n) is 9.37. The van der Waals surface area contributed by atoms with Crippen molar-refractivity contribution in [3.05, 3.63) is 127 Å². The fourth-order valence-electron chi connectivity index (χ4n) is 5.27. The number of pyridine rings is 1. The van der Waals surface area contributed by atoms with Crippen molar-refractivity contribution in [3.8, 4) is 33.6 Å². The van der Waals surface area contributed by atoms with Crippen molar-refractivity contribution in [1.29, 1.82) is 0 Å². The second-order valence-corrected chi connectivity index (χ2v) is 9.37. The highest BCUT2D eigenvalue weighted by molar-refractivity contribution is 6.06. The summed E-state index contributed by atoms with van der Waals surface area (Å²) in [4.78, 5) is 14.5. The van der Waals surface area contributed by atoms with E-state index in [9.17, 15) is 0 Å². The van der Waals surface area contributed by atoms with E-state index < -0.39 is 0 Å². The number of benzene rings is 5. The molecule has 0 saturated heterocycles. The number of rotatable bonds is 3. The Labute approximate surface area is 215 Å². The summed E-state index contributed by atoms with van der Waals surface area (Å²) in [6, 6.07) is 40.3. The van der Waals surface area contributed by atoms with Gasteiger partial charge in [0.15, 0.2) is 0 Å². The highest BCUT2D eigenvalue weighted by atomic mass is 14.8. The van der Waals surface area contributed by atoms with Crippen molar-refractivity contribution >= 4 is 32.6 Å². The normalized spacial score (nSPS) is 11.4. The van der Waals surface area contributed by atoms with E-state index in [2.05, 4.69) is 122 Å². The number of hydrogen-bond donors (Lipinski definition) is 0. The van der Waals surface area contributed by atoms with Crippen LogP contribution in [-0.4, -0.2) is 15.0 Å². The number of aromatic nitrogens is 3. The lowest BCUT2D eigenvalue weighted by molar-refractivity contribution is 1.23. The van der Waals surface area contributed by atoms with Gasteiger partial charge in [-0.3, -0.25) is 0 Å². The zero-order valence-electron chi connectivity index (χ0n) is 20.4. The summed E-state index contributed by atoms with van der Waals surface area (Å²) in [5.41, 5.74) is 9.49. The average molecular weight is 474 g/mol. The third-order valence-electron chi connectivity index (χ3n) is 7.10. The van der Waals surface area contributed by atoms with Gasteiger partial charge >= 0.3 is 0 Å². The van der Waals surface area contributed by atoms with Crippen LogP contribution in [0.5, 0.6) is 0 Å².